The largest absolute Gasteiger partial charge is 0.434 e. The van der Waals surface area contributed by atoms with Gasteiger partial charge in [0.15, 0.2) is 5.96 Å². The van der Waals surface area contributed by atoms with Crippen molar-refractivity contribution in [3.8, 4) is 5.75 Å². The fourth-order valence-corrected chi connectivity index (χ4v) is 3.45. The molecule has 140 valence electrons. The first kappa shape index (κ1) is 20.2. The molecule has 0 aliphatic carbocycles. The molecule has 1 N–H and O–H groups in total. The van der Waals surface area contributed by atoms with E-state index in [2.05, 4.69) is 19.9 Å². The number of hydrogen-bond acceptors (Lipinski definition) is 3. The Kier molecular flexibility index (Phi) is 7.24. The van der Waals surface area contributed by atoms with Crippen LogP contribution in [0.5, 0.6) is 5.75 Å². The van der Waals surface area contributed by atoms with Gasteiger partial charge in [-0.25, -0.2) is 0 Å². The van der Waals surface area contributed by atoms with Gasteiger partial charge >= 0.3 is 6.61 Å². The lowest BCUT2D eigenvalue weighted by atomic mass is 9.87. The Morgan fingerprint density at radius 3 is 2.88 bits per heavy atom. The number of guanidine groups is 1. The second-order valence-electron chi connectivity index (χ2n) is 6.36. The first-order chi connectivity index (χ1) is 11.6. The van der Waals surface area contributed by atoms with Crippen LogP contribution < -0.4 is 10.1 Å². The molecule has 0 aromatic heterocycles. The smallest absolute Gasteiger partial charge is 0.387 e. The van der Waals surface area contributed by atoms with Gasteiger partial charge in [-0.05, 0) is 18.9 Å². The molecule has 0 bridgehead atoms. The summed E-state index contributed by atoms with van der Waals surface area (Å²) in [4.78, 5) is 6.55. The van der Waals surface area contributed by atoms with E-state index in [-0.39, 0.29) is 35.1 Å². The van der Waals surface area contributed by atoms with Crippen LogP contribution in [0.2, 0.25) is 0 Å². The van der Waals surface area contributed by atoms with Gasteiger partial charge in [0.25, 0.3) is 0 Å². The molecule has 0 amide bonds. The number of para-hydroxylation sites is 1. The van der Waals surface area contributed by atoms with Crippen LogP contribution >= 0.6 is 24.0 Å². The summed E-state index contributed by atoms with van der Waals surface area (Å²) in [5.41, 5.74) is 0.922. The highest BCUT2D eigenvalue weighted by atomic mass is 127. The summed E-state index contributed by atoms with van der Waals surface area (Å²) in [6.07, 6.45) is 2.18. The number of nitrogens with one attached hydrogen (secondary N) is 1. The minimum absolute atomic E-state index is 0. The molecular formula is C17H24F2IN3O2. The van der Waals surface area contributed by atoms with Gasteiger partial charge in [-0.3, -0.25) is 4.99 Å². The van der Waals surface area contributed by atoms with Crippen LogP contribution in [0.25, 0.3) is 0 Å². The number of alkyl halides is 2. The number of rotatable bonds is 4. The fraction of sp³-hybridized carbons (Fsp3) is 0.588. The molecule has 8 heteroatoms. The molecule has 0 saturated carbocycles. The van der Waals surface area contributed by atoms with E-state index in [0.717, 1.165) is 45.1 Å². The molecule has 5 nitrogen and oxygen atoms in total. The van der Waals surface area contributed by atoms with Crippen molar-refractivity contribution in [1.29, 1.82) is 0 Å². The lowest BCUT2D eigenvalue weighted by Gasteiger charge is -2.25. The number of ether oxygens (including phenoxy) is 2. The first-order valence-electron chi connectivity index (χ1n) is 8.18. The third-order valence-corrected chi connectivity index (χ3v) is 4.76. The summed E-state index contributed by atoms with van der Waals surface area (Å²) < 4.78 is 35.1. The number of halogens is 3. The molecule has 1 atom stereocenters. The number of likely N-dealkylation sites (tertiary alicyclic amines) is 1. The minimum Gasteiger partial charge on any atom is -0.434 e. The van der Waals surface area contributed by atoms with E-state index in [4.69, 9.17) is 4.74 Å². The quantitative estimate of drug-likeness (QED) is 0.420. The van der Waals surface area contributed by atoms with E-state index >= 15 is 0 Å². The molecule has 2 heterocycles. The maximum absolute atomic E-state index is 12.5. The van der Waals surface area contributed by atoms with Crippen LogP contribution in [-0.4, -0.2) is 50.8 Å². The second kappa shape index (κ2) is 8.98. The normalized spacial score (nSPS) is 23.2. The van der Waals surface area contributed by atoms with E-state index in [1.54, 1.807) is 31.3 Å². The van der Waals surface area contributed by atoms with Crippen LogP contribution in [-0.2, 0) is 11.3 Å². The van der Waals surface area contributed by atoms with Crippen molar-refractivity contribution in [3.63, 3.8) is 0 Å². The number of nitrogens with zero attached hydrogens (tertiary/aromatic N) is 2. The van der Waals surface area contributed by atoms with Crippen molar-refractivity contribution >= 4 is 29.9 Å². The van der Waals surface area contributed by atoms with Crippen LogP contribution in [0.3, 0.4) is 0 Å². The second-order valence-corrected chi connectivity index (χ2v) is 6.36. The molecule has 1 spiro atoms. The summed E-state index contributed by atoms with van der Waals surface area (Å²) in [5.74, 6) is 0.975. The number of aliphatic imine (C=N–C) groups is 1. The van der Waals surface area contributed by atoms with Gasteiger partial charge in [0.05, 0.1) is 6.61 Å². The zero-order chi connectivity index (χ0) is 17.0. The fourth-order valence-electron chi connectivity index (χ4n) is 3.45. The van der Waals surface area contributed by atoms with Crippen molar-refractivity contribution in [1.82, 2.24) is 10.2 Å². The summed E-state index contributed by atoms with van der Waals surface area (Å²) in [5, 5.41) is 3.26. The zero-order valence-electron chi connectivity index (χ0n) is 14.2. The summed E-state index contributed by atoms with van der Waals surface area (Å²) >= 11 is 0. The van der Waals surface area contributed by atoms with Gasteiger partial charge in [0, 0.05) is 44.3 Å². The average Bonchev–Trinajstić information content (AvgIpc) is 3.20. The van der Waals surface area contributed by atoms with Gasteiger partial charge in [-0.2, -0.15) is 8.78 Å². The highest BCUT2D eigenvalue weighted by Crippen LogP contribution is 2.38. The Morgan fingerprint density at radius 2 is 2.20 bits per heavy atom. The Bertz CT molecular complexity index is 595. The van der Waals surface area contributed by atoms with E-state index in [9.17, 15) is 8.78 Å². The van der Waals surface area contributed by atoms with Crippen molar-refractivity contribution in [2.45, 2.75) is 26.0 Å². The predicted octanol–water partition coefficient (Wildman–Crippen LogP) is 3.09. The van der Waals surface area contributed by atoms with Crippen molar-refractivity contribution in [2.75, 3.05) is 33.4 Å². The Labute approximate surface area is 163 Å². The Hall–Kier alpha value is -1.16. The van der Waals surface area contributed by atoms with Gasteiger partial charge in [-0.15, -0.1) is 24.0 Å². The Balaban J connectivity index is 0.00000225. The topological polar surface area (TPSA) is 46.1 Å². The monoisotopic (exact) mass is 467 g/mol. The number of hydrogen-bond donors (Lipinski definition) is 1. The molecule has 0 radical (unpaired) electrons. The highest BCUT2D eigenvalue weighted by molar-refractivity contribution is 14.0. The molecule has 1 aromatic carbocycles. The van der Waals surface area contributed by atoms with E-state index in [1.807, 2.05) is 0 Å². The molecule has 2 fully saturated rings. The van der Waals surface area contributed by atoms with Gasteiger partial charge in [-0.1, -0.05) is 18.2 Å². The van der Waals surface area contributed by atoms with Crippen LogP contribution in [0.1, 0.15) is 18.4 Å². The molecule has 3 rings (SSSR count). The lowest BCUT2D eigenvalue weighted by molar-refractivity contribution is -0.0504. The van der Waals surface area contributed by atoms with Crippen LogP contribution in [0.15, 0.2) is 29.3 Å². The third kappa shape index (κ3) is 4.93. The summed E-state index contributed by atoms with van der Waals surface area (Å²) in [6, 6.07) is 6.81. The molecule has 1 aromatic rings. The van der Waals surface area contributed by atoms with E-state index in [0.29, 0.717) is 12.1 Å². The summed E-state index contributed by atoms with van der Waals surface area (Å²) in [7, 11) is 1.74. The number of benzene rings is 1. The molecule has 1 unspecified atom stereocenters. The average molecular weight is 467 g/mol. The van der Waals surface area contributed by atoms with Crippen molar-refractivity contribution in [2.24, 2.45) is 10.4 Å². The molecule has 2 aliphatic heterocycles. The Morgan fingerprint density at radius 1 is 1.40 bits per heavy atom. The van der Waals surface area contributed by atoms with Crippen LogP contribution in [0.4, 0.5) is 8.78 Å². The SMILES string of the molecule is CN=C(NCc1ccccc1OC(F)F)N1CCC2(CCOC2)C1.I. The first-order valence-corrected chi connectivity index (χ1v) is 8.18. The van der Waals surface area contributed by atoms with Gasteiger partial charge in [0.2, 0.25) is 0 Å². The lowest BCUT2D eigenvalue weighted by Crippen LogP contribution is -2.41. The zero-order valence-corrected chi connectivity index (χ0v) is 16.5. The molecule has 2 saturated heterocycles. The third-order valence-electron chi connectivity index (χ3n) is 4.76. The van der Waals surface area contributed by atoms with Crippen molar-refractivity contribution < 1.29 is 18.3 Å². The minimum atomic E-state index is -2.83. The summed E-state index contributed by atoms with van der Waals surface area (Å²) in [6.45, 7) is 1.05. The molecule has 2 aliphatic rings. The molecular weight excluding hydrogens is 443 g/mol. The maximum atomic E-state index is 12.5. The van der Waals surface area contributed by atoms with E-state index in [1.165, 1.54) is 0 Å². The van der Waals surface area contributed by atoms with E-state index < -0.39 is 6.61 Å². The standard InChI is InChI=1S/C17H23F2N3O2.HI/c1-20-16(22-8-6-17(11-22)7-9-23-12-17)21-10-13-4-2-3-5-14(13)24-15(18)19;/h2-5,15H,6-12H2,1H3,(H,20,21);1H. The highest BCUT2D eigenvalue weighted by Gasteiger charge is 2.42. The van der Waals surface area contributed by atoms with Crippen LogP contribution in [0, 0.1) is 5.41 Å². The van der Waals surface area contributed by atoms with Gasteiger partial charge < -0.3 is 19.7 Å². The van der Waals surface area contributed by atoms with Crippen molar-refractivity contribution in [3.05, 3.63) is 29.8 Å². The predicted molar refractivity (Wildman–Crippen MR) is 103 cm³/mol. The maximum Gasteiger partial charge on any atom is 0.387 e. The molecule has 25 heavy (non-hydrogen) atoms. The van der Waals surface area contributed by atoms with Gasteiger partial charge in [0.1, 0.15) is 5.75 Å².